The molecule has 0 aromatic heterocycles. The number of hydrogen-bond acceptors (Lipinski definition) is 6. The van der Waals surface area contributed by atoms with E-state index in [1.165, 1.54) is 0 Å². The fourth-order valence-corrected chi connectivity index (χ4v) is 1.40. The molecule has 112 valence electrons. The lowest BCUT2D eigenvalue weighted by molar-refractivity contribution is 0.309. The topological polar surface area (TPSA) is 89.2 Å². The van der Waals surface area contributed by atoms with Crippen LogP contribution in [0.4, 0.5) is 0 Å². The summed E-state index contributed by atoms with van der Waals surface area (Å²) in [4.78, 5) is 0. The zero-order chi connectivity index (χ0) is 15.1. The molecule has 0 radical (unpaired) electrons. The molecule has 0 aliphatic rings. The molecule has 0 saturated carbocycles. The molecule has 4 N–H and O–H groups in total. The molecule has 0 aromatic rings. The maximum absolute atomic E-state index is 8.77. The van der Waals surface area contributed by atoms with Crippen molar-refractivity contribution in [1.82, 2.24) is 10.6 Å². The van der Waals surface area contributed by atoms with Gasteiger partial charge in [0.25, 0.3) is 0 Å². The summed E-state index contributed by atoms with van der Waals surface area (Å²) in [5.41, 5.74) is 0.688. The van der Waals surface area contributed by atoms with Gasteiger partial charge in [-0.3, -0.25) is 0 Å². The first-order valence-electron chi connectivity index (χ1n) is 6.55. The zero-order valence-corrected chi connectivity index (χ0v) is 12.9. The zero-order valence-electron chi connectivity index (χ0n) is 12.9. The van der Waals surface area contributed by atoms with Gasteiger partial charge in [0, 0.05) is 0 Å². The molecular formula is C13H28N4O2. The third kappa shape index (κ3) is 6.02. The van der Waals surface area contributed by atoms with Gasteiger partial charge in [0.2, 0.25) is 0 Å². The van der Waals surface area contributed by atoms with Gasteiger partial charge in [-0.15, -0.1) is 0 Å². The highest BCUT2D eigenvalue weighted by Gasteiger charge is 2.22. The first-order chi connectivity index (χ1) is 8.67. The Kier molecular flexibility index (Phi) is 7.00. The second-order valence-corrected chi connectivity index (χ2v) is 5.83. The van der Waals surface area contributed by atoms with Crippen molar-refractivity contribution >= 4 is 11.4 Å². The molecule has 0 bridgehead atoms. The molecule has 0 aromatic carbocycles. The summed E-state index contributed by atoms with van der Waals surface area (Å²) in [5, 5.41) is 30.6. The van der Waals surface area contributed by atoms with Crippen molar-refractivity contribution in [1.29, 1.82) is 0 Å². The minimum atomic E-state index is -0.313. The minimum Gasteiger partial charge on any atom is -0.411 e. The van der Waals surface area contributed by atoms with E-state index in [-0.39, 0.29) is 11.1 Å². The molecule has 0 amide bonds. The lowest BCUT2D eigenvalue weighted by Gasteiger charge is -2.27. The van der Waals surface area contributed by atoms with Gasteiger partial charge in [-0.25, -0.2) is 0 Å². The second kappa shape index (κ2) is 7.45. The van der Waals surface area contributed by atoms with Crippen LogP contribution in [0.3, 0.4) is 0 Å². The van der Waals surface area contributed by atoms with Gasteiger partial charge in [0.1, 0.15) is 0 Å². The molecule has 6 heteroatoms. The summed E-state index contributed by atoms with van der Waals surface area (Å²) in [6.45, 7) is 13.1. The van der Waals surface area contributed by atoms with Crippen LogP contribution in [0.5, 0.6) is 0 Å². The van der Waals surface area contributed by atoms with Gasteiger partial charge in [-0.1, -0.05) is 10.3 Å². The third-order valence-electron chi connectivity index (χ3n) is 3.60. The van der Waals surface area contributed by atoms with Gasteiger partial charge in [0.15, 0.2) is 0 Å². The fourth-order valence-electron chi connectivity index (χ4n) is 1.40. The number of nitrogens with zero attached hydrogens (tertiary/aromatic N) is 2. The van der Waals surface area contributed by atoms with Crippen LogP contribution in [0.25, 0.3) is 0 Å². The second-order valence-electron chi connectivity index (χ2n) is 5.83. The summed E-state index contributed by atoms with van der Waals surface area (Å²) >= 11 is 0. The highest BCUT2D eigenvalue weighted by atomic mass is 16.4. The summed E-state index contributed by atoms with van der Waals surface area (Å²) in [7, 11) is 0. The Hall–Kier alpha value is -1.14. The van der Waals surface area contributed by atoms with E-state index in [9.17, 15) is 0 Å². The van der Waals surface area contributed by atoms with Gasteiger partial charge < -0.3 is 21.0 Å². The molecule has 0 saturated heterocycles. The highest BCUT2D eigenvalue weighted by Crippen LogP contribution is 2.06. The van der Waals surface area contributed by atoms with E-state index in [0.717, 1.165) is 19.5 Å². The van der Waals surface area contributed by atoms with Crippen molar-refractivity contribution in [2.24, 2.45) is 10.3 Å². The molecule has 0 rings (SSSR count). The fraction of sp³-hybridized carbons (Fsp3) is 0.846. The van der Waals surface area contributed by atoms with Crippen molar-refractivity contribution in [2.45, 2.75) is 59.0 Å². The van der Waals surface area contributed by atoms with E-state index in [1.54, 1.807) is 13.8 Å². The Balaban J connectivity index is 4.02. The molecule has 0 fully saturated rings. The van der Waals surface area contributed by atoms with Crippen LogP contribution in [-0.2, 0) is 0 Å². The van der Waals surface area contributed by atoms with Gasteiger partial charge in [-0.05, 0) is 61.1 Å². The average molecular weight is 272 g/mol. The summed E-state index contributed by atoms with van der Waals surface area (Å²) in [5.74, 6) is 0. The quantitative estimate of drug-likeness (QED) is 0.235. The predicted molar refractivity (Wildman–Crippen MR) is 78.6 cm³/mol. The number of oxime groups is 2. The van der Waals surface area contributed by atoms with Crippen LogP contribution in [0.15, 0.2) is 10.3 Å². The van der Waals surface area contributed by atoms with Crippen LogP contribution in [0.1, 0.15) is 48.0 Å². The van der Waals surface area contributed by atoms with Crippen molar-refractivity contribution < 1.29 is 10.4 Å². The molecular weight excluding hydrogens is 244 g/mol. The molecule has 0 spiro atoms. The Labute approximate surface area is 116 Å². The smallest absolute Gasteiger partial charge is 0.0734 e. The predicted octanol–water partition coefficient (Wildman–Crippen LogP) is 1.81. The van der Waals surface area contributed by atoms with E-state index in [4.69, 9.17) is 10.4 Å². The lowest BCUT2D eigenvalue weighted by atomic mass is 9.99. The maximum atomic E-state index is 8.77. The lowest BCUT2D eigenvalue weighted by Crippen LogP contribution is -2.48. The van der Waals surface area contributed by atoms with Crippen LogP contribution < -0.4 is 10.6 Å². The third-order valence-corrected chi connectivity index (χ3v) is 3.60. The highest BCUT2D eigenvalue weighted by molar-refractivity contribution is 5.90. The van der Waals surface area contributed by atoms with Crippen LogP contribution in [0.2, 0.25) is 0 Å². The van der Waals surface area contributed by atoms with Crippen LogP contribution >= 0.6 is 0 Å². The molecule has 0 aliphatic carbocycles. The first kappa shape index (κ1) is 17.9. The molecule has 6 nitrogen and oxygen atoms in total. The monoisotopic (exact) mass is 272 g/mol. The minimum absolute atomic E-state index is 0.313. The van der Waals surface area contributed by atoms with Crippen molar-refractivity contribution in [3.8, 4) is 0 Å². The maximum Gasteiger partial charge on any atom is 0.0734 e. The Bertz CT molecular complexity index is 304. The number of nitrogens with one attached hydrogen (secondary N) is 2. The van der Waals surface area contributed by atoms with E-state index in [0.29, 0.717) is 11.4 Å². The molecule has 0 heterocycles. The number of rotatable bonds is 8. The SMILES string of the molecule is C/C(=N/O)C(C)(C)NCCCNC(C)(C)/C(C)=N\O. The van der Waals surface area contributed by atoms with E-state index >= 15 is 0 Å². The van der Waals surface area contributed by atoms with Gasteiger partial charge in [0.05, 0.1) is 22.5 Å². The summed E-state index contributed by atoms with van der Waals surface area (Å²) in [6.07, 6.45) is 0.921. The molecule has 0 unspecified atom stereocenters. The Morgan fingerprint density at radius 1 is 0.842 bits per heavy atom. The molecule has 19 heavy (non-hydrogen) atoms. The van der Waals surface area contributed by atoms with Gasteiger partial charge in [-0.2, -0.15) is 0 Å². The summed E-state index contributed by atoms with van der Waals surface area (Å²) < 4.78 is 0. The van der Waals surface area contributed by atoms with E-state index in [1.807, 2.05) is 27.7 Å². The standard InChI is InChI=1S/C13H28N4O2/c1-10(16-18)12(3,4)14-8-7-9-15-13(5,6)11(2)17-19/h14-15,18-19H,7-9H2,1-6H3/b16-10-,17-11-. The summed E-state index contributed by atoms with van der Waals surface area (Å²) in [6, 6.07) is 0. The first-order valence-corrected chi connectivity index (χ1v) is 6.55. The van der Waals surface area contributed by atoms with Crippen molar-refractivity contribution in [3.63, 3.8) is 0 Å². The normalized spacial score (nSPS) is 14.8. The van der Waals surface area contributed by atoms with Crippen molar-refractivity contribution in [3.05, 3.63) is 0 Å². The number of hydrogen-bond donors (Lipinski definition) is 4. The van der Waals surface area contributed by atoms with Crippen LogP contribution in [-0.4, -0.2) is 46.0 Å². The molecule has 0 atom stereocenters. The van der Waals surface area contributed by atoms with Crippen molar-refractivity contribution in [2.75, 3.05) is 13.1 Å². The van der Waals surface area contributed by atoms with Crippen LogP contribution in [0, 0.1) is 0 Å². The van der Waals surface area contributed by atoms with Gasteiger partial charge >= 0.3 is 0 Å². The van der Waals surface area contributed by atoms with E-state index in [2.05, 4.69) is 20.9 Å². The molecule has 0 aliphatic heterocycles. The largest absolute Gasteiger partial charge is 0.411 e. The Morgan fingerprint density at radius 3 is 1.42 bits per heavy atom. The Morgan fingerprint density at radius 2 is 1.16 bits per heavy atom. The van der Waals surface area contributed by atoms with E-state index < -0.39 is 0 Å². The average Bonchev–Trinajstić information content (AvgIpc) is 2.35.